The molecule has 0 saturated carbocycles. The normalized spacial score (nSPS) is 17.2. The lowest BCUT2D eigenvalue weighted by atomic mass is 9.94. The molecule has 1 saturated heterocycles. The summed E-state index contributed by atoms with van der Waals surface area (Å²) in [6, 6.07) is 9.21. The Kier molecular flexibility index (Phi) is 8.19. The third-order valence-electron chi connectivity index (χ3n) is 4.41. The summed E-state index contributed by atoms with van der Waals surface area (Å²) >= 11 is 0. The Morgan fingerprint density at radius 2 is 1.84 bits per heavy atom. The van der Waals surface area contributed by atoms with E-state index in [0.29, 0.717) is 19.5 Å². The van der Waals surface area contributed by atoms with Gasteiger partial charge in [0.2, 0.25) is 5.91 Å². The first-order valence-electron chi connectivity index (χ1n) is 8.63. The second kappa shape index (κ2) is 9.63. The fraction of sp³-hybridized carbons (Fsp3) is 0.556. The molecule has 0 aliphatic carbocycles. The summed E-state index contributed by atoms with van der Waals surface area (Å²) < 4.78 is 0. The fourth-order valence-corrected chi connectivity index (χ4v) is 3.09. The van der Waals surface area contributed by atoms with Crippen LogP contribution in [0.2, 0.25) is 0 Å². The number of urea groups is 1. The molecule has 1 aliphatic heterocycles. The summed E-state index contributed by atoms with van der Waals surface area (Å²) in [5, 5.41) is 5.79. The van der Waals surface area contributed by atoms with E-state index in [1.54, 1.807) is 6.92 Å². The van der Waals surface area contributed by atoms with Crippen molar-refractivity contribution < 1.29 is 9.59 Å². The maximum atomic E-state index is 12.5. The van der Waals surface area contributed by atoms with Crippen LogP contribution in [0.1, 0.15) is 39.5 Å². The zero-order valence-corrected chi connectivity index (χ0v) is 15.8. The Bertz CT molecular complexity index is 557. The van der Waals surface area contributed by atoms with E-state index in [0.717, 1.165) is 24.9 Å². The van der Waals surface area contributed by atoms with Crippen LogP contribution in [0.25, 0.3) is 0 Å². The van der Waals surface area contributed by atoms with Gasteiger partial charge in [0, 0.05) is 24.8 Å². The summed E-state index contributed by atoms with van der Waals surface area (Å²) in [5.41, 5.74) is 6.10. The zero-order chi connectivity index (χ0) is 17.6. The lowest BCUT2D eigenvalue weighted by Crippen LogP contribution is -2.56. The molecule has 6 nitrogen and oxygen atoms in total. The predicted molar refractivity (Wildman–Crippen MR) is 103 cm³/mol. The number of likely N-dealkylation sites (tertiary alicyclic amines) is 1. The number of anilines is 1. The van der Waals surface area contributed by atoms with Crippen LogP contribution >= 0.6 is 12.4 Å². The van der Waals surface area contributed by atoms with Crippen LogP contribution in [0.5, 0.6) is 0 Å². The minimum atomic E-state index is -0.792. The van der Waals surface area contributed by atoms with Crippen molar-refractivity contribution in [3.63, 3.8) is 0 Å². The molecule has 1 heterocycles. The predicted octanol–water partition coefficient (Wildman–Crippen LogP) is 2.74. The van der Waals surface area contributed by atoms with E-state index in [1.807, 2.05) is 42.2 Å². The molecule has 2 rings (SSSR count). The van der Waals surface area contributed by atoms with Gasteiger partial charge in [0.15, 0.2) is 0 Å². The molecule has 1 aromatic rings. The molecule has 0 aromatic heterocycles. The number of piperidine rings is 1. The molecule has 25 heavy (non-hydrogen) atoms. The molecule has 140 valence electrons. The smallest absolute Gasteiger partial charge is 0.319 e. The number of amides is 3. The molecule has 1 atom stereocenters. The van der Waals surface area contributed by atoms with Gasteiger partial charge in [-0.3, -0.25) is 4.79 Å². The SMILES string of the molecule is CCCC(C)(N)C(=O)N1CCC(NC(=O)Nc2ccccc2)CC1.Cl. The van der Waals surface area contributed by atoms with Crippen LogP contribution < -0.4 is 16.4 Å². The van der Waals surface area contributed by atoms with Crippen molar-refractivity contribution >= 4 is 30.0 Å². The van der Waals surface area contributed by atoms with E-state index < -0.39 is 5.54 Å². The molecule has 0 radical (unpaired) electrons. The van der Waals surface area contributed by atoms with Crippen LogP contribution in [0.15, 0.2) is 30.3 Å². The van der Waals surface area contributed by atoms with Crippen molar-refractivity contribution in [1.82, 2.24) is 10.2 Å². The minimum Gasteiger partial charge on any atom is -0.341 e. The van der Waals surface area contributed by atoms with Gasteiger partial charge < -0.3 is 21.3 Å². The van der Waals surface area contributed by atoms with E-state index in [9.17, 15) is 9.59 Å². The van der Waals surface area contributed by atoms with Crippen LogP contribution in [0, 0.1) is 0 Å². The Morgan fingerprint density at radius 1 is 1.24 bits per heavy atom. The lowest BCUT2D eigenvalue weighted by Gasteiger charge is -2.37. The number of hydrogen-bond donors (Lipinski definition) is 3. The van der Waals surface area contributed by atoms with E-state index in [-0.39, 0.29) is 30.4 Å². The molecule has 3 amide bonds. The van der Waals surface area contributed by atoms with Crippen molar-refractivity contribution in [1.29, 1.82) is 0 Å². The summed E-state index contributed by atoms with van der Waals surface area (Å²) in [4.78, 5) is 26.3. The molecular formula is C18H29ClN4O2. The number of hydrogen-bond acceptors (Lipinski definition) is 3. The molecule has 1 aromatic carbocycles. The number of carbonyl (C=O) groups excluding carboxylic acids is 2. The second-order valence-electron chi connectivity index (χ2n) is 6.70. The fourth-order valence-electron chi connectivity index (χ4n) is 3.09. The number of nitrogens with two attached hydrogens (primary N) is 1. The maximum Gasteiger partial charge on any atom is 0.319 e. The van der Waals surface area contributed by atoms with Gasteiger partial charge in [-0.15, -0.1) is 12.4 Å². The van der Waals surface area contributed by atoms with Crippen molar-refractivity contribution in [3.05, 3.63) is 30.3 Å². The molecule has 1 unspecified atom stereocenters. The highest BCUT2D eigenvalue weighted by molar-refractivity contribution is 5.89. The average Bonchev–Trinajstić information content (AvgIpc) is 2.55. The minimum absolute atomic E-state index is 0. The number of rotatable bonds is 5. The number of para-hydroxylation sites is 1. The topological polar surface area (TPSA) is 87.5 Å². The molecule has 0 bridgehead atoms. The van der Waals surface area contributed by atoms with E-state index in [2.05, 4.69) is 10.6 Å². The quantitative estimate of drug-likeness (QED) is 0.746. The molecule has 4 N–H and O–H groups in total. The molecule has 1 aliphatic rings. The Labute approximate surface area is 155 Å². The molecule has 0 spiro atoms. The molecule has 7 heteroatoms. The van der Waals surface area contributed by atoms with E-state index in [1.165, 1.54) is 0 Å². The third-order valence-corrected chi connectivity index (χ3v) is 4.41. The van der Waals surface area contributed by atoms with E-state index in [4.69, 9.17) is 5.73 Å². The van der Waals surface area contributed by atoms with Crippen LogP contribution in [-0.4, -0.2) is 41.5 Å². The maximum absolute atomic E-state index is 12.5. The standard InChI is InChI=1S/C18H28N4O2.ClH/c1-3-11-18(2,19)16(23)22-12-9-15(10-13-22)21-17(24)20-14-7-5-4-6-8-14;/h4-8,15H,3,9-13,19H2,1-2H3,(H2,20,21,24);1H. The highest BCUT2D eigenvalue weighted by Gasteiger charge is 2.34. The van der Waals surface area contributed by atoms with Gasteiger partial charge in [-0.25, -0.2) is 4.79 Å². The number of nitrogens with zero attached hydrogens (tertiary/aromatic N) is 1. The first-order valence-corrected chi connectivity index (χ1v) is 8.63. The van der Waals surface area contributed by atoms with Gasteiger partial charge in [0.1, 0.15) is 0 Å². The Morgan fingerprint density at radius 3 is 2.40 bits per heavy atom. The number of benzene rings is 1. The first-order chi connectivity index (χ1) is 11.4. The van der Waals surface area contributed by atoms with Gasteiger partial charge in [-0.05, 0) is 38.3 Å². The number of halogens is 1. The lowest BCUT2D eigenvalue weighted by molar-refractivity contribution is -0.137. The van der Waals surface area contributed by atoms with Crippen LogP contribution in [-0.2, 0) is 4.79 Å². The largest absolute Gasteiger partial charge is 0.341 e. The Hall–Kier alpha value is -1.79. The van der Waals surface area contributed by atoms with Crippen molar-refractivity contribution in [2.45, 2.75) is 51.1 Å². The van der Waals surface area contributed by atoms with Crippen LogP contribution in [0.3, 0.4) is 0 Å². The van der Waals surface area contributed by atoms with Gasteiger partial charge >= 0.3 is 6.03 Å². The summed E-state index contributed by atoms with van der Waals surface area (Å²) in [7, 11) is 0. The van der Waals surface area contributed by atoms with Gasteiger partial charge in [0.25, 0.3) is 0 Å². The number of carbonyl (C=O) groups is 2. The molecular weight excluding hydrogens is 340 g/mol. The Balaban J connectivity index is 0.00000312. The van der Waals surface area contributed by atoms with Crippen LogP contribution in [0.4, 0.5) is 10.5 Å². The highest BCUT2D eigenvalue weighted by Crippen LogP contribution is 2.18. The van der Waals surface area contributed by atoms with Crippen molar-refractivity contribution in [2.75, 3.05) is 18.4 Å². The first kappa shape index (κ1) is 21.3. The number of nitrogens with one attached hydrogen (secondary N) is 2. The van der Waals surface area contributed by atoms with E-state index >= 15 is 0 Å². The van der Waals surface area contributed by atoms with Gasteiger partial charge in [-0.1, -0.05) is 31.5 Å². The summed E-state index contributed by atoms with van der Waals surface area (Å²) in [5.74, 6) is 0.0107. The average molecular weight is 369 g/mol. The molecule has 1 fully saturated rings. The zero-order valence-electron chi connectivity index (χ0n) is 15.0. The van der Waals surface area contributed by atoms with Crippen molar-refractivity contribution in [2.24, 2.45) is 5.73 Å². The summed E-state index contributed by atoms with van der Waals surface area (Å²) in [6.07, 6.45) is 3.06. The monoisotopic (exact) mass is 368 g/mol. The third kappa shape index (κ3) is 6.21. The van der Waals surface area contributed by atoms with Crippen molar-refractivity contribution in [3.8, 4) is 0 Å². The van der Waals surface area contributed by atoms with Gasteiger partial charge in [0.05, 0.1) is 5.54 Å². The second-order valence-corrected chi connectivity index (χ2v) is 6.70. The highest BCUT2D eigenvalue weighted by atomic mass is 35.5. The van der Waals surface area contributed by atoms with Gasteiger partial charge in [-0.2, -0.15) is 0 Å². The summed E-state index contributed by atoms with van der Waals surface area (Å²) in [6.45, 7) is 5.09.